The molecule has 0 radical (unpaired) electrons. The molecule has 0 saturated carbocycles. The summed E-state index contributed by atoms with van der Waals surface area (Å²) in [4.78, 5) is 21.2. The fourth-order valence-corrected chi connectivity index (χ4v) is 8.51. The molecule has 2 aliphatic heterocycles. The molecule has 2 aromatic heterocycles. The van der Waals surface area contributed by atoms with E-state index in [0.717, 1.165) is 69.5 Å². The van der Waals surface area contributed by atoms with Crippen molar-refractivity contribution in [2.45, 2.75) is 63.5 Å². The van der Waals surface area contributed by atoms with E-state index in [1.807, 2.05) is 35.7 Å². The molecule has 0 spiro atoms. The van der Waals surface area contributed by atoms with Crippen LogP contribution in [-0.4, -0.2) is 74.5 Å². The van der Waals surface area contributed by atoms with Gasteiger partial charge in [-0.3, -0.25) is 9.78 Å². The Morgan fingerprint density at radius 3 is 2.55 bits per heavy atom. The number of rotatable bonds is 7. The molecular formula is C31H42FN5O2S. The van der Waals surface area contributed by atoms with Gasteiger partial charge in [0.15, 0.2) is 0 Å². The normalized spacial score (nSPS) is 20.4. The van der Waals surface area contributed by atoms with Crippen LogP contribution in [0.4, 0.5) is 4.39 Å². The first-order valence-corrected chi connectivity index (χ1v) is 16.0. The predicted molar refractivity (Wildman–Crippen MR) is 159 cm³/mol. The zero-order valence-corrected chi connectivity index (χ0v) is 25.2. The average Bonchev–Trinajstić information content (AvgIpc) is 3.53. The van der Waals surface area contributed by atoms with Gasteiger partial charge in [-0.15, -0.1) is 0 Å². The number of amides is 1. The van der Waals surface area contributed by atoms with E-state index < -0.39 is 15.5 Å². The zero-order valence-electron chi connectivity index (χ0n) is 24.4. The highest BCUT2D eigenvalue weighted by molar-refractivity contribution is 7.94. The Hall–Kier alpha value is -2.78. The molecule has 1 aromatic carbocycles. The number of fused-ring (bicyclic) bond motifs is 1. The van der Waals surface area contributed by atoms with Gasteiger partial charge in [-0.05, 0) is 94.2 Å². The van der Waals surface area contributed by atoms with E-state index in [1.165, 1.54) is 23.1 Å². The van der Waals surface area contributed by atoms with Crippen molar-refractivity contribution in [1.82, 2.24) is 19.4 Å². The first kappa shape index (κ1) is 28.7. The first-order valence-electron chi connectivity index (χ1n) is 14.5. The molecule has 2 saturated heterocycles. The number of pyridine rings is 1. The Morgan fingerprint density at radius 1 is 1.15 bits per heavy atom. The van der Waals surface area contributed by atoms with E-state index in [0.29, 0.717) is 22.4 Å². The molecule has 2 fully saturated rings. The van der Waals surface area contributed by atoms with Crippen LogP contribution >= 0.6 is 0 Å². The van der Waals surface area contributed by atoms with Gasteiger partial charge < -0.3 is 14.4 Å². The maximum atomic E-state index is 14.5. The smallest absolute Gasteiger partial charge is 0.219 e. The second-order valence-corrected chi connectivity index (χ2v) is 14.7. The fourth-order valence-electron chi connectivity index (χ4n) is 6.63. The van der Waals surface area contributed by atoms with Crippen molar-refractivity contribution >= 4 is 26.5 Å². The minimum absolute atomic E-state index is 0.188. The molecule has 0 bridgehead atoms. The Morgan fingerprint density at radius 2 is 1.88 bits per heavy atom. The van der Waals surface area contributed by atoms with Crippen molar-refractivity contribution in [3.8, 4) is 5.69 Å². The summed E-state index contributed by atoms with van der Waals surface area (Å²) in [5.41, 5.74) is 3.99. The number of likely N-dealkylation sites (tertiary alicyclic amines) is 2. The second-order valence-electron chi connectivity index (χ2n) is 11.9. The van der Waals surface area contributed by atoms with E-state index in [1.54, 1.807) is 20.0 Å². The van der Waals surface area contributed by atoms with Crippen molar-refractivity contribution < 1.29 is 13.4 Å². The number of hydrogen-bond acceptors (Lipinski definition) is 5. The van der Waals surface area contributed by atoms with Gasteiger partial charge in [0.05, 0.1) is 32.0 Å². The number of piperidine rings is 1. The van der Waals surface area contributed by atoms with Crippen molar-refractivity contribution in [1.29, 1.82) is 0 Å². The largest absolute Gasteiger partial charge is 0.343 e. The number of aromatic nitrogens is 2. The molecule has 9 heteroatoms. The Labute approximate surface area is 237 Å². The van der Waals surface area contributed by atoms with Crippen LogP contribution in [0, 0.1) is 24.6 Å². The number of halogens is 1. The van der Waals surface area contributed by atoms with Gasteiger partial charge in [0.2, 0.25) is 5.91 Å². The summed E-state index contributed by atoms with van der Waals surface area (Å²) in [7, 11) is -1.27. The second kappa shape index (κ2) is 11.6. The molecule has 40 heavy (non-hydrogen) atoms. The van der Waals surface area contributed by atoms with Crippen molar-refractivity contribution in [3.05, 3.63) is 53.7 Å². The third kappa shape index (κ3) is 5.55. The summed E-state index contributed by atoms with van der Waals surface area (Å²) >= 11 is 0. The van der Waals surface area contributed by atoms with Gasteiger partial charge in [0, 0.05) is 63.2 Å². The van der Waals surface area contributed by atoms with E-state index in [9.17, 15) is 13.4 Å². The van der Waals surface area contributed by atoms with Gasteiger partial charge in [0.1, 0.15) is 5.82 Å². The molecule has 2 atom stereocenters. The molecule has 0 unspecified atom stereocenters. The molecule has 0 N–H and O–H groups in total. The van der Waals surface area contributed by atoms with Crippen LogP contribution in [0.1, 0.15) is 51.2 Å². The molecule has 216 valence electrons. The quantitative estimate of drug-likeness (QED) is 0.380. The van der Waals surface area contributed by atoms with Crippen LogP contribution in [0.25, 0.3) is 16.6 Å². The number of hydrogen-bond donors (Lipinski definition) is 0. The summed E-state index contributed by atoms with van der Waals surface area (Å²) in [6.07, 6.45) is 10.2. The van der Waals surface area contributed by atoms with E-state index >= 15 is 0 Å². The van der Waals surface area contributed by atoms with E-state index in [-0.39, 0.29) is 11.2 Å². The van der Waals surface area contributed by atoms with Gasteiger partial charge >= 0.3 is 0 Å². The minimum atomic E-state index is -2.83. The molecule has 7 nitrogen and oxygen atoms in total. The van der Waals surface area contributed by atoms with Crippen LogP contribution in [0.3, 0.4) is 0 Å². The molecule has 3 aromatic rings. The molecule has 5 rings (SSSR count). The number of carbonyl (C=O) groups excluding carboxylic acids is 1. The number of nitrogens with zero attached hydrogens (tertiary/aromatic N) is 5. The molecule has 2 aliphatic rings. The van der Waals surface area contributed by atoms with Crippen LogP contribution in [0.15, 0.2) is 46.0 Å². The topological polar surface area (TPSA) is 70.8 Å². The maximum Gasteiger partial charge on any atom is 0.219 e. The SMILES string of the molecule is CN=[S@](=O)(c1cc(F)ccc1-n1cc(C[C@H]2CCN(CC3CCN(C(C)=O)CC3)C2)c2c(C)cncc21)C(C)C. The highest BCUT2D eigenvalue weighted by atomic mass is 32.2. The molecular weight excluding hydrogens is 525 g/mol. The summed E-state index contributed by atoms with van der Waals surface area (Å²) in [6, 6.07) is 4.53. The lowest BCUT2D eigenvalue weighted by molar-refractivity contribution is -0.130. The monoisotopic (exact) mass is 567 g/mol. The van der Waals surface area contributed by atoms with Gasteiger partial charge in [-0.2, -0.15) is 0 Å². The van der Waals surface area contributed by atoms with Gasteiger partial charge in [0.25, 0.3) is 0 Å². The van der Waals surface area contributed by atoms with Gasteiger partial charge in [-0.25, -0.2) is 13.0 Å². The lowest BCUT2D eigenvalue weighted by atomic mass is 9.96. The summed E-state index contributed by atoms with van der Waals surface area (Å²) in [5, 5.41) is 0.906. The highest BCUT2D eigenvalue weighted by Crippen LogP contribution is 2.35. The molecule has 0 aliphatic carbocycles. The first-order chi connectivity index (χ1) is 19.1. The third-order valence-corrected chi connectivity index (χ3v) is 11.6. The van der Waals surface area contributed by atoms with Crippen molar-refractivity contribution in [2.24, 2.45) is 16.2 Å². The standard InChI is InChI=1S/C31H42FN5O2S/c1-21(2)40(39,33-5)30-15-27(32)6-7-28(30)37-20-26(31-22(3)16-34-17-29(31)37)14-25-8-11-35(19-25)18-24-9-12-36(13-10-24)23(4)38/h6-7,15-17,20-21,24-25H,8-14,18-19H2,1-5H3/t25-,40-/m1/s1. The Kier molecular flexibility index (Phi) is 8.34. The van der Waals surface area contributed by atoms with Crippen LogP contribution < -0.4 is 0 Å². The number of carbonyl (C=O) groups is 1. The highest BCUT2D eigenvalue weighted by Gasteiger charge is 2.29. The maximum absolute atomic E-state index is 14.5. The van der Waals surface area contributed by atoms with Crippen molar-refractivity contribution in [2.75, 3.05) is 39.8 Å². The Bertz CT molecular complexity index is 1520. The molecule has 1 amide bonds. The zero-order chi connectivity index (χ0) is 28.6. The molecule has 4 heterocycles. The van der Waals surface area contributed by atoms with E-state index in [4.69, 9.17) is 0 Å². The van der Waals surface area contributed by atoms with Crippen LogP contribution in [-0.2, 0) is 20.9 Å². The average molecular weight is 568 g/mol. The Balaban J connectivity index is 1.41. The third-order valence-electron chi connectivity index (χ3n) is 8.84. The summed E-state index contributed by atoms with van der Waals surface area (Å²) < 4.78 is 34.8. The van der Waals surface area contributed by atoms with Crippen LogP contribution in [0.5, 0.6) is 0 Å². The summed E-state index contributed by atoms with van der Waals surface area (Å²) in [6.45, 7) is 12.5. The van der Waals surface area contributed by atoms with E-state index in [2.05, 4.69) is 27.4 Å². The van der Waals surface area contributed by atoms with Crippen LogP contribution in [0.2, 0.25) is 0 Å². The number of aryl methyl sites for hydroxylation is 1. The lowest BCUT2D eigenvalue weighted by Crippen LogP contribution is -2.40. The van der Waals surface area contributed by atoms with Gasteiger partial charge in [-0.1, -0.05) is 0 Å². The lowest BCUT2D eigenvalue weighted by Gasteiger charge is -2.33. The number of benzene rings is 1. The minimum Gasteiger partial charge on any atom is -0.343 e. The van der Waals surface area contributed by atoms with Crippen molar-refractivity contribution in [3.63, 3.8) is 0 Å². The fraction of sp³-hybridized carbons (Fsp3) is 0.548. The summed E-state index contributed by atoms with van der Waals surface area (Å²) in [5.74, 6) is 0.968. The predicted octanol–water partition coefficient (Wildman–Crippen LogP) is 5.46.